The summed E-state index contributed by atoms with van der Waals surface area (Å²) in [6, 6.07) is 12.6. The molecule has 2 rings (SSSR count). The molecule has 1 amide bonds. The number of carbonyl (C=O) groups is 1. The van der Waals surface area contributed by atoms with Crippen LogP contribution >= 0.6 is 34.8 Å². The lowest BCUT2D eigenvalue weighted by molar-refractivity contribution is -0.115. The molecule has 0 fully saturated rings. The lowest BCUT2D eigenvalue weighted by atomic mass is 10.1. The van der Waals surface area contributed by atoms with Crippen molar-refractivity contribution in [2.24, 2.45) is 0 Å². The average molecular weight is 358 g/mol. The quantitative estimate of drug-likeness (QED) is 0.796. The van der Waals surface area contributed by atoms with Crippen LogP contribution in [-0.2, 0) is 4.79 Å². The second kappa shape index (κ2) is 7.84. The second-order valence-electron chi connectivity index (χ2n) is 4.81. The predicted octanol–water partition coefficient (Wildman–Crippen LogP) is 4.94. The molecule has 0 aliphatic carbocycles. The number of anilines is 1. The minimum Gasteiger partial charge on any atom is -0.324 e. The van der Waals surface area contributed by atoms with Gasteiger partial charge in [0, 0.05) is 11.1 Å². The fourth-order valence-corrected chi connectivity index (χ4v) is 2.48. The van der Waals surface area contributed by atoms with Crippen molar-refractivity contribution < 1.29 is 4.79 Å². The molecule has 116 valence electrons. The van der Waals surface area contributed by atoms with E-state index in [0.717, 1.165) is 5.56 Å². The van der Waals surface area contributed by atoms with Gasteiger partial charge in [-0.3, -0.25) is 4.79 Å². The Balaban J connectivity index is 1.91. The molecule has 2 aromatic carbocycles. The lowest BCUT2D eigenvalue weighted by Gasteiger charge is -2.15. The summed E-state index contributed by atoms with van der Waals surface area (Å²) < 4.78 is 0. The molecule has 6 heteroatoms. The molecule has 0 aliphatic heterocycles. The Hall–Kier alpha value is -1.26. The zero-order valence-electron chi connectivity index (χ0n) is 11.9. The van der Waals surface area contributed by atoms with E-state index < -0.39 is 0 Å². The van der Waals surface area contributed by atoms with Gasteiger partial charge in [0.2, 0.25) is 5.91 Å². The molecule has 2 aromatic rings. The third-order valence-electron chi connectivity index (χ3n) is 3.14. The Morgan fingerprint density at radius 3 is 2.59 bits per heavy atom. The summed E-state index contributed by atoms with van der Waals surface area (Å²) in [6.07, 6.45) is 0. The Labute approximate surface area is 144 Å². The number of halogens is 3. The third kappa shape index (κ3) is 4.62. The zero-order valence-corrected chi connectivity index (χ0v) is 14.1. The van der Waals surface area contributed by atoms with Gasteiger partial charge in [-0.2, -0.15) is 0 Å². The predicted molar refractivity (Wildman–Crippen MR) is 93.0 cm³/mol. The van der Waals surface area contributed by atoms with Crippen LogP contribution < -0.4 is 10.6 Å². The number of carbonyl (C=O) groups excluding carboxylic acids is 1. The highest BCUT2D eigenvalue weighted by atomic mass is 35.5. The van der Waals surface area contributed by atoms with Crippen LogP contribution in [0.15, 0.2) is 42.5 Å². The third-order valence-corrected chi connectivity index (χ3v) is 4.20. The Morgan fingerprint density at radius 2 is 1.86 bits per heavy atom. The highest BCUT2D eigenvalue weighted by molar-refractivity contribution is 6.44. The molecule has 0 saturated carbocycles. The van der Waals surface area contributed by atoms with Crippen molar-refractivity contribution in [1.29, 1.82) is 0 Å². The van der Waals surface area contributed by atoms with Gasteiger partial charge in [0.25, 0.3) is 0 Å². The van der Waals surface area contributed by atoms with E-state index in [0.29, 0.717) is 20.8 Å². The fraction of sp³-hybridized carbons (Fsp3) is 0.188. The zero-order chi connectivity index (χ0) is 16.1. The first kappa shape index (κ1) is 17.1. The van der Waals surface area contributed by atoms with E-state index in [-0.39, 0.29) is 18.5 Å². The van der Waals surface area contributed by atoms with Crippen LogP contribution in [0.1, 0.15) is 18.5 Å². The number of hydrogen-bond donors (Lipinski definition) is 2. The Bertz CT molecular complexity index is 676. The van der Waals surface area contributed by atoms with Gasteiger partial charge >= 0.3 is 0 Å². The van der Waals surface area contributed by atoms with Crippen LogP contribution in [0.2, 0.25) is 15.1 Å². The maximum atomic E-state index is 12.0. The van der Waals surface area contributed by atoms with Crippen molar-refractivity contribution in [3.05, 3.63) is 63.1 Å². The van der Waals surface area contributed by atoms with Gasteiger partial charge in [-0.25, -0.2) is 0 Å². The monoisotopic (exact) mass is 356 g/mol. The van der Waals surface area contributed by atoms with E-state index in [2.05, 4.69) is 10.6 Å². The van der Waals surface area contributed by atoms with E-state index in [1.54, 1.807) is 18.2 Å². The van der Waals surface area contributed by atoms with Gasteiger partial charge in [0.1, 0.15) is 0 Å². The molecule has 0 heterocycles. The van der Waals surface area contributed by atoms with E-state index in [4.69, 9.17) is 34.8 Å². The number of rotatable bonds is 5. The smallest absolute Gasteiger partial charge is 0.238 e. The second-order valence-corrected chi connectivity index (χ2v) is 6.03. The first-order valence-electron chi connectivity index (χ1n) is 6.70. The van der Waals surface area contributed by atoms with Crippen molar-refractivity contribution in [2.45, 2.75) is 13.0 Å². The topological polar surface area (TPSA) is 41.1 Å². The highest BCUT2D eigenvalue weighted by Gasteiger charge is 2.10. The minimum atomic E-state index is -0.196. The van der Waals surface area contributed by atoms with Crippen LogP contribution in [0.5, 0.6) is 0 Å². The molecule has 2 N–H and O–H groups in total. The molecular formula is C16H15Cl3N2O. The summed E-state index contributed by atoms with van der Waals surface area (Å²) in [7, 11) is 0. The molecule has 22 heavy (non-hydrogen) atoms. The standard InChI is InChI=1S/C16H15Cl3N2O/c1-10(11-4-2-5-12(17)8-11)20-9-15(22)21-14-7-3-6-13(18)16(14)19/h2-8,10,20H,9H2,1H3,(H,21,22)/t10-/m0/s1. The number of hydrogen-bond acceptors (Lipinski definition) is 2. The minimum absolute atomic E-state index is 0.000664. The summed E-state index contributed by atoms with van der Waals surface area (Å²) in [4.78, 5) is 12.0. The van der Waals surface area contributed by atoms with E-state index in [1.165, 1.54) is 0 Å². The van der Waals surface area contributed by atoms with Gasteiger partial charge in [-0.1, -0.05) is 53.0 Å². The van der Waals surface area contributed by atoms with Gasteiger partial charge in [-0.15, -0.1) is 0 Å². The Morgan fingerprint density at radius 1 is 1.14 bits per heavy atom. The Kier molecular flexibility index (Phi) is 6.09. The molecule has 0 saturated heterocycles. The molecular weight excluding hydrogens is 343 g/mol. The summed E-state index contributed by atoms with van der Waals surface area (Å²) in [5, 5.41) is 7.26. The number of benzene rings is 2. The van der Waals surface area contributed by atoms with Gasteiger partial charge in [-0.05, 0) is 36.8 Å². The summed E-state index contributed by atoms with van der Waals surface area (Å²) in [5.41, 5.74) is 1.51. The highest BCUT2D eigenvalue weighted by Crippen LogP contribution is 2.29. The molecule has 0 bridgehead atoms. The van der Waals surface area contributed by atoms with Crippen LogP contribution in [-0.4, -0.2) is 12.5 Å². The van der Waals surface area contributed by atoms with Crippen molar-refractivity contribution in [2.75, 3.05) is 11.9 Å². The van der Waals surface area contributed by atoms with E-state index in [9.17, 15) is 4.79 Å². The summed E-state index contributed by atoms with van der Waals surface area (Å²) in [5.74, 6) is -0.196. The van der Waals surface area contributed by atoms with Crippen LogP contribution in [0.25, 0.3) is 0 Å². The van der Waals surface area contributed by atoms with E-state index >= 15 is 0 Å². The van der Waals surface area contributed by atoms with Gasteiger partial charge < -0.3 is 10.6 Å². The number of amides is 1. The average Bonchev–Trinajstić information content (AvgIpc) is 2.49. The van der Waals surface area contributed by atoms with Gasteiger partial charge in [0.15, 0.2) is 0 Å². The summed E-state index contributed by atoms with van der Waals surface area (Å²) in [6.45, 7) is 2.11. The van der Waals surface area contributed by atoms with Crippen molar-refractivity contribution in [3.63, 3.8) is 0 Å². The SMILES string of the molecule is C[C@H](NCC(=O)Nc1cccc(Cl)c1Cl)c1cccc(Cl)c1. The molecule has 0 spiro atoms. The first-order chi connectivity index (χ1) is 10.5. The molecule has 3 nitrogen and oxygen atoms in total. The fourth-order valence-electron chi connectivity index (χ4n) is 1.93. The van der Waals surface area contributed by atoms with Gasteiger partial charge in [0.05, 0.1) is 22.3 Å². The molecule has 0 aromatic heterocycles. The van der Waals surface area contributed by atoms with Crippen molar-refractivity contribution >= 4 is 46.4 Å². The normalized spacial score (nSPS) is 12.0. The molecule has 1 atom stereocenters. The summed E-state index contributed by atoms with van der Waals surface area (Å²) >= 11 is 17.9. The largest absolute Gasteiger partial charge is 0.324 e. The lowest BCUT2D eigenvalue weighted by Crippen LogP contribution is -2.30. The maximum absolute atomic E-state index is 12.0. The molecule has 0 aliphatic rings. The molecule has 0 unspecified atom stereocenters. The molecule has 0 radical (unpaired) electrons. The van der Waals surface area contributed by atoms with Crippen LogP contribution in [0, 0.1) is 0 Å². The maximum Gasteiger partial charge on any atom is 0.238 e. The van der Waals surface area contributed by atoms with E-state index in [1.807, 2.05) is 31.2 Å². The first-order valence-corrected chi connectivity index (χ1v) is 7.83. The van der Waals surface area contributed by atoms with Crippen molar-refractivity contribution in [3.8, 4) is 0 Å². The number of nitrogens with one attached hydrogen (secondary N) is 2. The van der Waals surface area contributed by atoms with Crippen LogP contribution in [0.3, 0.4) is 0 Å². The van der Waals surface area contributed by atoms with Crippen LogP contribution in [0.4, 0.5) is 5.69 Å². The van der Waals surface area contributed by atoms with Crippen molar-refractivity contribution in [1.82, 2.24) is 5.32 Å².